The predicted octanol–water partition coefficient (Wildman–Crippen LogP) is 2.50. The van der Waals surface area contributed by atoms with Crippen LogP contribution in [0.2, 0.25) is 0 Å². The topological polar surface area (TPSA) is 44.1 Å². The molecule has 0 atom stereocenters. The van der Waals surface area contributed by atoms with Crippen molar-refractivity contribution in [1.82, 2.24) is 9.55 Å². The van der Waals surface area contributed by atoms with E-state index in [0.717, 1.165) is 23.3 Å². The summed E-state index contributed by atoms with van der Waals surface area (Å²) in [5.74, 6) is 1.06. The number of ether oxygens (including phenoxy) is 1. The van der Waals surface area contributed by atoms with E-state index < -0.39 is 0 Å². The van der Waals surface area contributed by atoms with Crippen molar-refractivity contribution in [2.75, 3.05) is 13.2 Å². The highest BCUT2D eigenvalue weighted by molar-refractivity contribution is 5.82. The molecule has 2 aromatic rings. The SMILES string of the molecule is CCOCCCC(=O)Cc1nc2ccccc2n1C. The first kappa shape index (κ1) is 13.7. The van der Waals surface area contributed by atoms with Gasteiger partial charge in [0, 0.05) is 26.7 Å². The van der Waals surface area contributed by atoms with E-state index in [0.29, 0.717) is 26.1 Å². The molecular formula is C15H20N2O2. The van der Waals surface area contributed by atoms with Gasteiger partial charge in [0.15, 0.2) is 0 Å². The van der Waals surface area contributed by atoms with Gasteiger partial charge >= 0.3 is 0 Å². The summed E-state index contributed by atoms with van der Waals surface area (Å²) in [7, 11) is 1.96. The Morgan fingerprint density at radius 2 is 2.16 bits per heavy atom. The summed E-state index contributed by atoms with van der Waals surface area (Å²) in [5.41, 5.74) is 2.02. The number of carbonyl (C=O) groups excluding carboxylic acids is 1. The zero-order chi connectivity index (χ0) is 13.7. The maximum atomic E-state index is 11.9. The molecule has 102 valence electrons. The second-order valence-corrected chi connectivity index (χ2v) is 4.59. The van der Waals surface area contributed by atoms with Crippen molar-refractivity contribution in [2.45, 2.75) is 26.2 Å². The Morgan fingerprint density at radius 1 is 1.37 bits per heavy atom. The largest absolute Gasteiger partial charge is 0.382 e. The smallest absolute Gasteiger partial charge is 0.140 e. The Bertz CT molecular complexity index is 560. The van der Waals surface area contributed by atoms with E-state index in [1.807, 2.05) is 42.8 Å². The molecule has 1 heterocycles. The van der Waals surface area contributed by atoms with Crippen molar-refractivity contribution in [3.05, 3.63) is 30.1 Å². The number of aryl methyl sites for hydroxylation is 1. The Hall–Kier alpha value is -1.68. The molecule has 0 aliphatic carbocycles. The van der Waals surface area contributed by atoms with Gasteiger partial charge in [-0.1, -0.05) is 12.1 Å². The Morgan fingerprint density at radius 3 is 2.89 bits per heavy atom. The number of fused-ring (bicyclic) bond motifs is 1. The van der Waals surface area contributed by atoms with Gasteiger partial charge in [-0.05, 0) is 25.5 Å². The number of benzene rings is 1. The lowest BCUT2D eigenvalue weighted by Crippen LogP contribution is -2.09. The van der Waals surface area contributed by atoms with Crippen molar-refractivity contribution in [3.8, 4) is 0 Å². The fourth-order valence-electron chi connectivity index (χ4n) is 2.13. The first-order chi connectivity index (χ1) is 9.22. The molecule has 0 unspecified atom stereocenters. The van der Waals surface area contributed by atoms with Crippen LogP contribution in [-0.2, 0) is 23.0 Å². The van der Waals surface area contributed by atoms with Crippen LogP contribution in [0.4, 0.5) is 0 Å². The zero-order valence-electron chi connectivity index (χ0n) is 11.6. The number of para-hydroxylation sites is 2. The number of ketones is 1. The van der Waals surface area contributed by atoms with Gasteiger partial charge in [-0.25, -0.2) is 4.98 Å². The molecule has 4 heteroatoms. The van der Waals surface area contributed by atoms with E-state index in [-0.39, 0.29) is 5.78 Å². The van der Waals surface area contributed by atoms with Gasteiger partial charge in [-0.3, -0.25) is 4.79 Å². The first-order valence-electron chi connectivity index (χ1n) is 6.72. The number of nitrogens with zero attached hydrogens (tertiary/aromatic N) is 2. The summed E-state index contributed by atoms with van der Waals surface area (Å²) in [6.45, 7) is 3.32. The van der Waals surface area contributed by atoms with Crippen molar-refractivity contribution in [3.63, 3.8) is 0 Å². The Kier molecular flexibility index (Phi) is 4.68. The van der Waals surface area contributed by atoms with Crippen molar-refractivity contribution < 1.29 is 9.53 Å². The molecule has 0 fully saturated rings. The fourth-order valence-corrected chi connectivity index (χ4v) is 2.13. The van der Waals surface area contributed by atoms with Gasteiger partial charge in [0.05, 0.1) is 17.5 Å². The minimum Gasteiger partial charge on any atom is -0.382 e. The molecule has 0 spiro atoms. The summed E-state index contributed by atoms with van der Waals surface area (Å²) in [5, 5.41) is 0. The minimum atomic E-state index is 0.220. The lowest BCUT2D eigenvalue weighted by atomic mass is 10.1. The number of carbonyl (C=O) groups is 1. The maximum Gasteiger partial charge on any atom is 0.140 e. The standard InChI is InChI=1S/C15H20N2O2/c1-3-19-10-6-7-12(18)11-15-16-13-8-4-5-9-14(13)17(15)2/h4-5,8-9H,3,6-7,10-11H2,1-2H3. The zero-order valence-corrected chi connectivity index (χ0v) is 11.6. The number of rotatable bonds is 7. The minimum absolute atomic E-state index is 0.220. The summed E-state index contributed by atoms with van der Waals surface area (Å²) < 4.78 is 7.23. The van der Waals surface area contributed by atoms with Crippen molar-refractivity contribution in [1.29, 1.82) is 0 Å². The molecule has 0 amide bonds. The van der Waals surface area contributed by atoms with Crippen LogP contribution in [0.3, 0.4) is 0 Å². The van der Waals surface area contributed by atoms with Gasteiger partial charge < -0.3 is 9.30 Å². The molecule has 0 aliphatic rings. The maximum absolute atomic E-state index is 11.9. The molecular weight excluding hydrogens is 240 g/mol. The summed E-state index contributed by atoms with van der Waals surface area (Å²) in [6, 6.07) is 7.94. The van der Waals surface area contributed by atoms with E-state index in [9.17, 15) is 4.79 Å². The van der Waals surface area contributed by atoms with E-state index >= 15 is 0 Å². The number of hydrogen-bond donors (Lipinski definition) is 0. The van der Waals surface area contributed by atoms with E-state index in [4.69, 9.17) is 4.74 Å². The number of Topliss-reactive ketones (excluding diaryl/α,β-unsaturated/α-hetero) is 1. The molecule has 2 rings (SSSR count). The Balaban J connectivity index is 1.97. The van der Waals surface area contributed by atoms with Crippen LogP contribution in [0, 0.1) is 0 Å². The van der Waals surface area contributed by atoms with Crippen LogP contribution in [0.5, 0.6) is 0 Å². The molecule has 0 saturated heterocycles. The first-order valence-corrected chi connectivity index (χ1v) is 6.72. The van der Waals surface area contributed by atoms with Crippen LogP contribution in [0.25, 0.3) is 11.0 Å². The molecule has 0 aliphatic heterocycles. The van der Waals surface area contributed by atoms with Crippen molar-refractivity contribution in [2.24, 2.45) is 7.05 Å². The molecule has 0 bridgehead atoms. The highest BCUT2D eigenvalue weighted by Gasteiger charge is 2.11. The van der Waals surface area contributed by atoms with E-state index in [1.54, 1.807) is 0 Å². The molecule has 4 nitrogen and oxygen atoms in total. The van der Waals surface area contributed by atoms with Crippen LogP contribution in [0.15, 0.2) is 24.3 Å². The lowest BCUT2D eigenvalue weighted by molar-refractivity contribution is -0.118. The normalized spacial score (nSPS) is 11.1. The molecule has 0 radical (unpaired) electrons. The third-order valence-corrected chi connectivity index (χ3v) is 3.18. The van der Waals surface area contributed by atoms with E-state index in [1.165, 1.54) is 0 Å². The van der Waals surface area contributed by atoms with Gasteiger partial charge in [0.1, 0.15) is 11.6 Å². The number of imidazole rings is 1. The second kappa shape index (κ2) is 6.48. The lowest BCUT2D eigenvalue weighted by Gasteiger charge is -2.03. The molecule has 1 aromatic heterocycles. The Labute approximate surface area is 113 Å². The average Bonchev–Trinajstić information content (AvgIpc) is 2.72. The van der Waals surface area contributed by atoms with Gasteiger partial charge in [0.2, 0.25) is 0 Å². The highest BCUT2D eigenvalue weighted by Crippen LogP contribution is 2.15. The third-order valence-electron chi connectivity index (χ3n) is 3.18. The van der Waals surface area contributed by atoms with E-state index in [2.05, 4.69) is 4.98 Å². The molecule has 0 saturated carbocycles. The quantitative estimate of drug-likeness (QED) is 0.718. The monoisotopic (exact) mass is 260 g/mol. The fraction of sp³-hybridized carbons (Fsp3) is 0.467. The number of aromatic nitrogens is 2. The molecule has 1 aromatic carbocycles. The van der Waals surface area contributed by atoms with Gasteiger partial charge in [-0.2, -0.15) is 0 Å². The number of hydrogen-bond acceptors (Lipinski definition) is 3. The van der Waals surface area contributed by atoms with Crippen LogP contribution < -0.4 is 0 Å². The predicted molar refractivity (Wildman–Crippen MR) is 75.2 cm³/mol. The summed E-state index contributed by atoms with van der Waals surface area (Å²) in [4.78, 5) is 16.4. The van der Waals surface area contributed by atoms with Crippen LogP contribution in [0.1, 0.15) is 25.6 Å². The highest BCUT2D eigenvalue weighted by atomic mass is 16.5. The third kappa shape index (κ3) is 3.41. The van der Waals surface area contributed by atoms with Crippen LogP contribution in [-0.4, -0.2) is 28.5 Å². The van der Waals surface area contributed by atoms with Crippen LogP contribution >= 0.6 is 0 Å². The average molecular weight is 260 g/mol. The van der Waals surface area contributed by atoms with Crippen molar-refractivity contribution >= 4 is 16.8 Å². The summed E-state index contributed by atoms with van der Waals surface area (Å²) >= 11 is 0. The summed E-state index contributed by atoms with van der Waals surface area (Å²) in [6.07, 6.45) is 1.75. The molecule has 0 N–H and O–H groups in total. The van der Waals surface area contributed by atoms with Gasteiger partial charge in [0.25, 0.3) is 0 Å². The van der Waals surface area contributed by atoms with Gasteiger partial charge in [-0.15, -0.1) is 0 Å². The molecule has 19 heavy (non-hydrogen) atoms. The second-order valence-electron chi connectivity index (χ2n) is 4.59.